The highest BCUT2D eigenvalue weighted by Gasteiger charge is 2.34. The first-order valence-corrected chi connectivity index (χ1v) is 7.92. The van der Waals surface area contributed by atoms with Gasteiger partial charge in [-0.1, -0.05) is 24.6 Å². The Morgan fingerprint density at radius 2 is 2.16 bits per heavy atom. The maximum absolute atomic E-state index is 12.4. The van der Waals surface area contributed by atoms with Gasteiger partial charge in [0.1, 0.15) is 11.3 Å². The van der Waals surface area contributed by atoms with Crippen LogP contribution in [-0.2, 0) is 11.4 Å². The highest BCUT2D eigenvalue weighted by molar-refractivity contribution is 5.98. The molecule has 2 rings (SSSR count). The molecule has 8 nitrogen and oxygen atoms in total. The monoisotopic (exact) mass is 347 g/mol. The van der Waals surface area contributed by atoms with Crippen LogP contribution in [0.25, 0.3) is 0 Å². The normalized spacial score (nSPS) is 13.1. The Morgan fingerprint density at radius 3 is 2.76 bits per heavy atom. The van der Waals surface area contributed by atoms with E-state index in [1.54, 1.807) is 25.1 Å². The molecule has 2 aromatic rings. The topological polar surface area (TPSA) is 115 Å². The molecule has 8 heteroatoms. The van der Waals surface area contributed by atoms with Crippen LogP contribution in [0.2, 0.25) is 0 Å². The second-order valence-electron chi connectivity index (χ2n) is 5.89. The van der Waals surface area contributed by atoms with E-state index in [1.807, 2.05) is 6.92 Å². The number of aliphatic carboxylic acids is 1. The van der Waals surface area contributed by atoms with E-state index < -0.39 is 17.4 Å². The smallest absolute Gasteiger partial charge is 0.329 e. The summed E-state index contributed by atoms with van der Waals surface area (Å²) in [4.78, 5) is 27.9. The average molecular weight is 347 g/mol. The largest absolute Gasteiger partial charge is 0.485 e. The summed E-state index contributed by atoms with van der Waals surface area (Å²) in [6.07, 6.45) is 0.970. The first kappa shape index (κ1) is 18.4. The molecule has 0 aliphatic carbocycles. The molecule has 2 N–H and O–H groups in total. The lowest BCUT2D eigenvalue weighted by atomic mass is 9.95. The van der Waals surface area contributed by atoms with Gasteiger partial charge in [0, 0.05) is 12.5 Å². The van der Waals surface area contributed by atoms with Crippen molar-refractivity contribution in [3.8, 4) is 5.75 Å². The zero-order valence-corrected chi connectivity index (χ0v) is 14.4. The summed E-state index contributed by atoms with van der Waals surface area (Å²) in [6.45, 7) is 5.14. The number of nitrogens with zero attached hydrogens (tertiary/aromatic N) is 2. The van der Waals surface area contributed by atoms with E-state index in [-0.39, 0.29) is 6.61 Å². The predicted octanol–water partition coefficient (Wildman–Crippen LogP) is 2.33. The van der Waals surface area contributed by atoms with Gasteiger partial charge in [0.2, 0.25) is 11.7 Å². The molecular formula is C17H21N3O5. The zero-order chi connectivity index (χ0) is 18.4. The number of nitrogens with one attached hydrogen (secondary N) is 1. The Morgan fingerprint density at radius 1 is 1.40 bits per heavy atom. The summed E-state index contributed by atoms with van der Waals surface area (Å²) in [5.41, 5.74) is -1.00. The van der Waals surface area contributed by atoms with Crippen molar-refractivity contribution in [1.29, 1.82) is 0 Å². The van der Waals surface area contributed by atoms with Crippen molar-refractivity contribution in [3.05, 3.63) is 41.5 Å². The highest BCUT2D eigenvalue weighted by atomic mass is 16.5. The summed E-state index contributed by atoms with van der Waals surface area (Å²) in [5, 5.41) is 15.7. The number of hydrogen-bond donors (Lipinski definition) is 2. The van der Waals surface area contributed by atoms with Crippen molar-refractivity contribution in [2.24, 2.45) is 0 Å². The molecule has 1 unspecified atom stereocenters. The van der Waals surface area contributed by atoms with Crippen LogP contribution in [0.15, 0.2) is 28.8 Å². The molecule has 0 bridgehead atoms. The van der Waals surface area contributed by atoms with Gasteiger partial charge < -0.3 is 19.7 Å². The van der Waals surface area contributed by atoms with Gasteiger partial charge in [-0.25, -0.2) is 4.79 Å². The van der Waals surface area contributed by atoms with E-state index >= 15 is 0 Å². The lowest BCUT2D eigenvalue weighted by Crippen LogP contribution is -2.52. The Labute approximate surface area is 145 Å². The number of carbonyl (C=O) groups excluding carboxylic acids is 1. The number of aryl methyl sites for hydroxylation is 1. The van der Waals surface area contributed by atoms with Crippen LogP contribution in [0.5, 0.6) is 5.75 Å². The van der Waals surface area contributed by atoms with Crippen molar-refractivity contribution in [1.82, 2.24) is 15.5 Å². The minimum Gasteiger partial charge on any atom is -0.485 e. The van der Waals surface area contributed by atoms with Crippen LogP contribution in [0.4, 0.5) is 0 Å². The van der Waals surface area contributed by atoms with E-state index in [1.165, 1.54) is 13.0 Å². The van der Waals surface area contributed by atoms with E-state index in [2.05, 4.69) is 15.5 Å². The average Bonchev–Trinajstić information content (AvgIpc) is 2.98. The van der Waals surface area contributed by atoms with Crippen LogP contribution in [0.1, 0.15) is 48.8 Å². The summed E-state index contributed by atoms with van der Waals surface area (Å²) < 4.78 is 10.4. The fourth-order valence-corrected chi connectivity index (χ4v) is 2.32. The molecule has 134 valence electrons. The summed E-state index contributed by atoms with van der Waals surface area (Å²) in [7, 11) is 0. The van der Waals surface area contributed by atoms with Gasteiger partial charge in [0.05, 0.1) is 0 Å². The van der Waals surface area contributed by atoms with Crippen LogP contribution >= 0.6 is 0 Å². The number of aromatic nitrogens is 2. The third-order valence-electron chi connectivity index (χ3n) is 3.65. The number of carboxylic acids is 1. The van der Waals surface area contributed by atoms with Gasteiger partial charge in [-0.05, 0) is 31.5 Å². The molecular weight excluding hydrogens is 326 g/mol. The van der Waals surface area contributed by atoms with E-state index in [9.17, 15) is 14.7 Å². The van der Waals surface area contributed by atoms with Crippen molar-refractivity contribution in [2.45, 2.75) is 45.8 Å². The molecule has 25 heavy (non-hydrogen) atoms. The minimum absolute atomic E-state index is 0.102. The van der Waals surface area contributed by atoms with Crippen molar-refractivity contribution in [2.75, 3.05) is 0 Å². The second-order valence-corrected chi connectivity index (χ2v) is 5.89. The Kier molecular flexibility index (Phi) is 5.74. The Balaban J connectivity index is 2.06. The van der Waals surface area contributed by atoms with E-state index in [4.69, 9.17) is 9.26 Å². The lowest BCUT2D eigenvalue weighted by molar-refractivity contribution is -0.144. The summed E-state index contributed by atoms with van der Waals surface area (Å²) in [5.74, 6) is -0.256. The van der Waals surface area contributed by atoms with E-state index in [0.29, 0.717) is 35.9 Å². The lowest BCUT2D eigenvalue weighted by Gasteiger charge is -2.25. The molecule has 1 atom stereocenters. The van der Waals surface area contributed by atoms with Crippen LogP contribution in [0, 0.1) is 6.92 Å². The Bertz CT molecular complexity index is 758. The quantitative estimate of drug-likeness (QED) is 0.753. The minimum atomic E-state index is -1.31. The SMILES string of the molecule is CCCC(C)(NC(=O)c1cccc(OCc2noc(C)n2)c1)C(=O)O. The standard InChI is InChI=1S/C17H21N3O5/c1-4-8-17(3,16(22)23)19-15(21)12-6-5-7-13(9-12)24-10-14-18-11(2)25-20-14/h5-7,9H,4,8,10H2,1-3H3,(H,19,21)(H,22,23). The summed E-state index contributed by atoms with van der Waals surface area (Å²) in [6, 6.07) is 6.47. The van der Waals surface area contributed by atoms with Crippen LogP contribution in [-0.4, -0.2) is 32.7 Å². The maximum atomic E-state index is 12.4. The number of benzene rings is 1. The summed E-state index contributed by atoms with van der Waals surface area (Å²) >= 11 is 0. The maximum Gasteiger partial charge on any atom is 0.329 e. The number of carbonyl (C=O) groups is 2. The van der Waals surface area contributed by atoms with Crippen LogP contribution < -0.4 is 10.1 Å². The van der Waals surface area contributed by atoms with Crippen molar-refractivity contribution in [3.63, 3.8) is 0 Å². The predicted molar refractivity (Wildman–Crippen MR) is 88.2 cm³/mol. The number of carboxylic acid groups (broad SMARTS) is 1. The molecule has 1 amide bonds. The van der Waals surface area contributed by atoms with Gasteiger partial charge in [-0.15, -0.1) is 0 Å². The molecule has 0 radical (unpaired) electrons. The molecule has 0 aliphatic heterocycles. The van der Waals surface area contributed by atoms with Gasteiger partial charge in [0.15, 0.2) is 6.61 Å². The number of hydrogen-bond acceptors (Lipinski definition) is 6. The molecule has 1 aromatic heterocycles. The fraction of sp³-hybridized carbons (Fsp3) is 0.412. The van der Waals surface area contributed by atoms with Gasteiger partial charge in [-0.2, -0.15) is 4.98 Å². The molecule has 0 spiro atoms. The van der Waals surface area contributed by atoms with Gasteiger partial charge >= 0.3 is 5.97 Å². The van der Waals surface area contributed by atoms with Crippen LogP contribution in [0.3, 0.4) is 0 Å². The second kappa shape index (κ2) is 7.78. The third-order valence-corrected chi connectivity index (χ3v) is 3.65. The molecule has 0 aliphatic rings. The third kappa shape index (κ3) is 4.79. The van der Waals surface area contributed by atoms with Gasteiger partial charge in [0.25, 0.3) is 5.91 Å². The first-order chi connectivity index (χ1) is 11.8. The molecule has 0 saturated heterocycles. The molecule has 1 aromatic carbocycles. The molecule has 1 heterocycles. The highest BCUT2D eigenvalue weighted by Crippen LogP contribution is 2.18. The number of ether oxygens (including phenoxy) is 1. The van der Waals surface area contributed by atoms with Crippen molar-refractivity contribution < 1.29 is 24.0 Å². The molecule has 0 fully saturated rings. The number of amides is 1. The Hall–Kier alpha value is -2.90. The van der Waals surface area contributed by atoms with Crippen molar-refractivity contribution >= 4 is 11.9 Å². The van der Waals surface area contributed by atoms with E-state index in [0.717, 1.165) is 0 Å². The van der Waals surface area contributed by atoms with Gasteiger partial charge in [-0.3, -0.25) is 4.79 Å². The zero-order valence-electron chi connectivity index (χ0n) is 14.4. The fourth-order valence-electron chi connectivity index (χ4n) is 2.32. The molecule has 0 saturated carbocycles. The first-order valence-electron chi connectivity index (χ1n) is 7.92. The number of rotatable bonds is 8.